The van der Waals surface area contributed by atoms with Crippen LogP contribution in [-0.2, 0) is 4.79 Å². The van der Waals surface area contributed by atoms with Gasteiger partial charge in [-0.3, -0.25) is 19.4 Å². The fourth-order valence-corrected chi connectivity index (χ4v) is 1.57. The highest BCUT2D eigenvalue weighted by Crippen LogP contribution is 2.06. The minimum absolute atomic E-state index is 0.103. The van der Waals surface area contributed by atoms with Gasteiger partial charge in [0.15, 0.2) is 0 Å². The fraction of sp³-hybridized carbons (Fsp3) is 0.385. The predicted molar refractivity (Wildman–Crippen MR) is 71.4 cm³/mol. The van der Waals surface area contributed by atoms with E-state index >= 15 is 0 Å². The van der Waals surface area contributed by atoms with Crippen LogP contribution in [0.3, 0.4) is 0 Å². The molecule has 7 nitrogen and oxygen atoms in total. The standard InChI is InChI=1S/C13H17N3O4/c1-8(13(19)20)7-16(3)12(18)9-4-5-10(15-6-9)11(17)14-2/h4-6,8H,7H2,1-3H3,(H,14,17)(H,19,20). The normalized spacial score (nSPS) is 11.6. The molecule has 0 bridgehead atoms. The van der Waals surface area contributed by atoms with Gasteiger partial charge in [0.1, 0.15) is 5.69 Å². The Kier molecular flexibility index (Phi) is 5.19. The fourth-order valence-electron chi connectivity index (χ4n) is 1.57. The number of carboxylic acids is 1. The number of aromatic nitrogens is 1. The van der Waals surface area contributed by atoms with Crippen molar-refractivity contribution in [1.82, 2.24) is 15.2 Å². The van der Waals surface area contributed by atoms with E-state index in [4.69, 9.17) is 5.11 Å². The summed E-state index contributed by atoms with van der Waals surface area (Å²) in [4.78, 5) is 39.3. The molecule has 0 radical (unpaired) electrons. The highest BCUT2D eigenvalue weighted by atomic mass is 16.4. The van der Waals surface area contributed by atoms with Crippen LogP contribution in [0.25, 0.3) is 0 Å². The number of aliphatic carboxylic acids is 1. The number of hydrogen-bond acceptors (Lipinski definition) is 4. The van der Waals surface area contributed by atoms with Crippen molar-refractivity contribution in [2.75, 3.05) is 20.6 Å². The SMILES string of the molecule is CNC(=O)c1ccc(C(=O)N(C)CC(C)C(=O)O)cn1. The van der Waals surface area contributed by atoms with E-state index in [9.17, 15) is 14.4 Å². The Bertz CT molecular complexity index is 513. The molecule has 20 heavy (non-hydrogen) atoms. The van der Waals surface area contributed by atoms with Crippen LogP contribution in [0.2, 0.25) is 0 Å². The van der Waals surface area contributed by atoms with E-state index in [1.807, 2.05) is 0 Å². The zero-order valence-electron chi connectivity index (χ0n) is 11.6. The van der Waals surface area contributed by atoms with E-state index in [-0.39, 0.29) is 24.1 Å². The maximum absolute atomic E-state index is 12.0. The Morgan fingerprint density at radius 2 is 2.05 bits per heavy atom. The lowest BCUT2D eigenvalue weighted by atomic mass is 10.1. The van der Waals surface area contributed by atoms with E-state index in [0.717, 1.165) is 0 Å². The molecule has 0 aromatic carbocycles. The van der Waals surface area contributed by atoms with Gasteiger partial charge in [-0.15, -0.1) is 0 Å². The second-order valence-corrected chi connectivity index (χ2v) is 4.44. The van der Waals surface area contributed by atoms with Crippen LogP contribution < -0.4 is 5.32 Å². The highest BCUT2D eigenvalue weighted by Gasteiger charge is 2.19. The van der Waals surface area contributed by atoms with Crippen molar-refractivity contribution in [2.45, 2.75) is 6.92 Å². The Hall–Kier alpha value is -2.44. The second kappa shape index (κ2) is 6.65. The van der Waals surface area contributed by atoms with Gasteiger partial charge in [-0.25, -0.2) is 0 Å². The molecule has 0 aliphatic carbocycles. The van der Waals surface area contributed by atoms with Gasteiger partial charge in [-0.1, -0.05) is 6.92 Å². The number of carbonyl (C=O) groups is 3. The van der Waals surface area contributed by atoms with Gasteiger partial charge in [-0.2, -0.15) is 0 Å². The zero-order valence-corrected chi connectivity index (χ0v) is 11.6. The van der Waals surface area contributed by atoms with Gasteiger partial charge >= 0.3 is 5.97 Å². The third-order valence-electron chi connectivity index (χ3n) is 2.79. The molecule has 0 saturated carbocycles. The lowest BCUT2D eigenvalue weighted by Crippen LogP contribution is -2.33. The Labute approximate surface area is 116 Å². The van der Waals surface area contributed by atoms with Crippen molar-refractivity contribution < 1.29 is 19.5 Å². The third kappa shape index (κ3) is 3.78. The van der Waals surface area contributed by atoms with Crippen LogP contribution in [0.1, 0.15) is 27.8 Å². The molecule has 108 valence electrons. The number of hydrogen-bond donors (Lipinski definition) is 2. The Morgan fingerprint density at radius 1 is 1.40 bits per heavy atom. The zero-order chi connectivity index (χ0) is 15.3. The van der Waals surface area contributed by atoms with Gasteiger partial charge in [0, 0.05) is 26.8 Å². The highest BCUT2D eigenvalue weighted by molar-refractivity contribution is 5.96. The molecule has 7 heteroatoms. The first-order valence-corrected chi connectivity index (χ1v) is 6.03. The van der Waals surface area contributed by atoms with E-state index in [2.05, 4.69) is 10.3 Å². The molecule has 0 spiro atoms. The van der Waals surface area contributed by atoms with Gasteiger partial charge in [-0.05, 0) is 12.1 Å². The van der Waals surface area contributed by atoms with Crippen LogP contribution in [0.15, 0.2) is 18.3 Å². The van der Waals surface area contributed by atoms with Gasteiger partial charge in [0.05, 0.1) is 11.5 Å². The molecule has 1 atom stereocenters. The van der Waals surface area contributed by atoms with E-state index in [0.29, 0.717) is 5.56 Å². The summed E-state index contributed by atoms with van der Waals surface area (Å²) in [5.74, 6) is -2.29. The van der Waals surface area contributed by atoms with Crippen molar-refractivity contribution in [3.8, 4) is 0 Å². The molecule has 0 aliphatic rings. The van der Waals surface area contributed by atoms with Crippen molar-refractivity contribution in [1.29, 1.82) is 0 Å². The molecule has 1 rings (SSSR count). The molecule has 1 unspecified atom stereocenters. The number of amides is 2. The van der Waals surface area contributed by atoms with Crippen LogP contribution in [0.5, 0.6) is 0 Å². The molecule has 2 N–H and O–H groups in total. The number of nitrogens with zero attached hydrogens (tertiary/aromatic N) is 2. The monoisotopic (exact) mass is 279 g/mol. The number of rotatable bonds is 5. The molecule has 2 amide bonds. The molecule has 1 aromatic rings. The van der Waals surface area contributed by atoms with Crippen molar-refractivity contribution in [3.05, 3.63) is 29.6 Å². The van der Waals surface area contributed by atoms with Crippen LogP contribution >= 0.6 is 0 Å². The maximum Gasteiger partial charge on any atom is 0.308 e. The molecule has 1 heterocycles. The summed E-state index contributed by atoms with van der Waals surface area (Å²) in [6.07, 6.45) is 1.30. The Balaban J connectivity index is 2.77. The molecule has 0 saturated heterocycles. The molecule has 1 aromatic heterocycles. The first-order valence-electron chi connectivity index (χ1n) is 6.03. The maximum atomic E-state index is 12.0. The average molecular weight is 279 g/mol. The molecule has 0 aliphatic heterocycles. The van der Waals surface area contributed by atoms with Gasteiger partial charge < -0.3 is 15.3 Å². The summed E-state index contributed by atoms with van der Waals surface area (Å²) in [6.45, 7) is 1.63. The number of carbonyl (C=O) groups excluding carboxylic acids is 2. The van der Waals surface area contributed by atoms with Crippen molar-refractivity contribution >= 4 is 17.8 Å². The minimum Gasteiger partial charge on any atom is -0.481 e. The smallest absolute Gasteiger partial charge is 0.308 e. The second-order valence-electron chi connectivity index (χ2n) is 4.44. The summed E-state index contributed by atoms with van der Waals surface area (Å²) < 4.78 is 0. The summed E-state index contributed by atoms with van der Waals surface area (Å²) in [5.41, 5.74) is 0.517. The third-order valence-corrected chi connectivity index (χ3v) is 2.79. The van der Waals surface area contributed by atoms with Crippen molar-refractivity contribution in [3.63, 3.8) is 0 Å². The van der Waals surface area contributed by atoms with Crippen LogP contribution in [0.4, 0.5) is 0 Å². The van der Waals surface area contributed by atoms with Crippen LogP contribution in [-0.4, -0.2) is 53.4 Å². The quantitative estimate of drug-likeness (QED) is 0.804. The largest absolute Gasteiger partial charge is 0.481 e. The molecular weight excluding hydrogens is 262 g/mol. The van der Waals surface area contributed by atoms with E-state index in [1.54, 1.807) is 0 Å². The van der Waals surface area contributed by atoms with Gasteiger partial charge in [0.25, 0.3) is 11.8 Å². The van der Waals surface area contributed by atoms with E-state index < -0.39 is 11.9 Å². The Morgan fingerprint density at radius 3 is 2.50 bits per heavy atom. The first-order chi connectivity index (χ1) is 9.36. The summed E-state index contributed by atoms with van der Waals surface area (Å²) >= 11 is 0. The number of nitrogens with one attached hydrogen (secondary N) is 1. The number of pyridine rings is 1. The molecule has 0 fully saturated rings. The lowest BCUT2D eigenvalue weighted by Gasteiger charge is -2.19. The minimum atomic E-state index is -0.960. The van der Waals surface area contributed by atoms with Crippen molar-refractivity contribution in [2.24, 2.45) is 5.92 Å². The van der Waals surface area contributed by atoms with E-state index in [1.165, 1.54) is 44.2 Å². The number of carboxylic acid groups (broad SMARTS) is 1. The van der Waals surface area contributed by atoms with Gasteiger partial charge in [0.2, 0.25) is 0 Å². The summed E-state index contributed by atoms with van der Waals surface area (Å²) in [5, 5.41) is 11.2. The lowest BCUT2D eigenvalue weighted by molar-refractivity contribution is -0.141. The summed E-state index contributed by atoms with van der Waals surface area (Å²) in [7, 11) is 3.01. The summed E-state index contributed by atoms with van der Waals surface area (Å²) in [6, 6.07) is 2.93. The average Bonchev–Trinajstić information content (AvgIpc) is 2.45. The topological polar surface area (TPSA) is 99.6 Å². The predicted octanol–water partition coefficient (Wildman–Crippen LogP) is 0.234. The first kappa shape index (κ1) is 15.6. The van der Waals surface area contributed by atoms with Crippen LogP contribution in [0, 0.1) is 5.92 Å². The molecular formula is C13H17N3O4.